The molecule has 0 spiro atoms. The number of rotatable bonds is 1. The van der Waals surface area contributed by atoms with Crippen molar-refractivity contribution in [2.75, 3.05) is 0 Å². The van der Waals surface area contributed by atoms with Gasteiger partial charge < -0.3 is 0 Å². The van der Waals surface area contributed by atoms with Crippen LogP contribution in [0.4, 0.5) is 0 Å². The maximum atomic E-state index is 2.41. The molecule has 0 aromatic carbocycles. The second-order valence-corrected chi connectivity index (χ2v) is 15.0. The Bertz CT molecular complexity index is 516. The Balaban J connectivity index is 8.14. The lowest BCUT2D eigenvalue weighted by Gasteiger charge is -2.48. The van der Waals surface area contributed by atoms with Crippen molar-refractivity contribution in [3.05, 3.63) is 22.3 Å². The second-order valence-electron chi connectivity index (χ2n) is 15.0. The molecule has 0 aromatic heterocycles. The fraction of sp³-hybridized carbons (Fsp3) is 0.857. The van der Waals surface area contributed by atoms with Crippen LogP contribution in [0.25, 0.3) is 0 Å². The summed E-state index contributed by atoms with van der Waals surface area (Å²) in [6.45, 7) is 43.2. The average molecular weight is 391 g/mol. The molecule has 0 nitrogen and oxygen atoms in total. The molecule has 0 N–H and O–H groups in total. The van der Waals surface area contributed by atoms with Crippen LogP contribution in [0, 0.1) is 32.5 Å². The third-order valence-electron chi connectivity index (χ3n) is 5.25. The van der Waals surface area contributed by atoms with Gasteiger partial charge in [-0.3, -0.25) is 0 Å². The highest BCUT2D eigenvalue weighted by atomic mass is 14.5. The first-order valence-corrected chi connectivity index (χ1v) is 11.2. The number of hydrogen-bond acceptors (Lipinski definition) is 0. The molecule has 0 rings (SSSR count). The predicted octanol–water partition coefficient (Wildman–Crippen LogP) is 9.86. The highest BCUT2D eigenvalue weighted by Crippen LogP contribution is 2.56. The Morgan fingerprint density at radius 2 is 0.393 bits per heavy atom. The highest BCUT2D eigenvalue weighted by molar-refractivity contribution is 5.51. The summed E-state index contributed by atoms with van der Waals surface area (Å²) in [6.07, 6.45) is 0. The van der Waals surface area contributed by atoms with Gasteiger partial charge >= 0.3 is 0 Å². The van der Waals surface area contributed by atoms with Gasteiger partial charge in [0.15, 0.2) is 0 Å². The van der Waals surface area contributed by atoms with Gasteiger partial charge in [0.25, 0.3) is 0 Å². The minimum Gasteiger partial charge on any atom is -0.0564 e. The lowest BCUT2D eigenvalue weighted by atomic mass is 9.57. The maximum absolute atomic E-state index is 2.41. The summed E-state index contributed by atoms with van der Waals surface area (Å²) in [7, 11) is 0. The fourth-order valence-electron chi connectivity index (χ4n) is 5.50. The Hall–Kier alpha value is -0.520. The van der Waals surface area contributed by atoms with Crippen LogP contribution in [-0.2, 0) is 0 Å². The number of hydrogen-bond donors (Lipinski definition) is 0. The van der Waals surface area contributed by atoms with Crippen molar-refractivity contribution in [3.63, 3.8) is 0 Å². The molecule has 0 amide bonds. The molecule has 0 heterocycles. The van der Waals surface area contributed by atoms with Crippen LogP contribution in [0.15, 0.2) is 22.3 Å². The molecular formula is C28H54. The number of allylic oxidation sites excluding steroid dienone is 4. The van der Waals surface area contributed by atoms with Gasteiger partial charge in [-0.15, -0.1) is 0 Å². The zero-order chi connectivity index (χ0) is 23.3. The fourth-order valence-corrected chi connectivity index (χ4v) is 5.50. The topological polar surface area (TPSA) is 0 Å². The summed E-state index contributed by atoms with van der Waals surface area (Å²) >= 11 is 0. The molecule has 0 bridgehead atoms. The maximum Gasteiger partial charge on any atom is -0.0129 e. The van der Waals surface area contributed by atoms with Crippen LogP contribution < -0.4 is 0 Å². The monoisotopic (exact) mass is 390 g/mol. The minimum atomic E-state index is 0.0697. The lowest BCUT2D eigenvalue weighted by Crippen LogP contribution is -2.35. The molecule has 0 saturated carbocycles. The highest BCUT2D eigenvalue weighted by Gasteiger charge is 2.43. The first kappa shape index (κ1) is 27.5. The Kier molecular flexibility index (Phi) is 7.48. The molecule has 0 fully saturated rings. The molecule has 0 unspecified atom stereocenters. The van der Waals surface area contributed by atoms with Crippen molar-refractivity contribution in [1.29, 1.82) is 0 Å². The van der Waals surface area contributed by atoms with E-state index in [0.29, 0.717) is 0 Å². The molecule has 0 aliphatic heterocycles. The van der Waals surface area contributed by atoms with E-state index in [4.69, 9.17) is 0 Å². The molecule has 0 aliphatic rings. The normalized spacial score (nSPS) is 14.8. The summed E-state index contributed by atoms with van der Waals surface area (Å²) in [5.74, 6) is 0. The predicted molar refractivity (Wildman–Crippen MR) is 131 cm³/mol. The summed E-state index contributed by atoms with van der Waals surface area (Å²) in [5.41, 5.74) is 6.94. The Morgan fingerprint density at radius 3 is 0.464 bits per heavy atom. The van der Waals surface area contributed by atoms with Gasteiger partial charge in [0.1, 0.15) is 0 Å². The summed E-state index contributed by atoms with van der Waals surface area (Å²) < 4.78 is 0. The van der Waals surface area contributed by atoms with Crippen LogP contribution in [0.3, 0.4) is 0 Å². The lowest BCUT2D eigenvalue weighted by molar-refractivity contribution is 0.310. The van der Waals surface area contributed by atoms with E-state index in [0.717, 1.165) is 0 Å². The van der Waals surface area contributed by atoms with E-state index in [1.807, 2.05) is 0 Å². The smallest absolute Gasteiger partial charge is 0.0129 e. The summed E-state index contributed by atoms with van der Waals surface area (Å²) in [4.78, 5) is 0. The molecule has 0 saturated heterocycles. The van der Waals surface area contributed by atoms with Gasteiger partial charge in [-0.2, -0.15) is 0 Å². The Labute approximate surface area is 179 Å². The molecule has 28 heavy (non-hydrogen) atoms. The molecule has 0 aromatic rings. The van der Waals surface area contributed by atoms with Gasteiger partial charge in [0.05, 0.1) is 0 Å². The quantitative estimate of drug-likeness (QED) is 0.391. The van der Waals surface area contributed by atoms with Crippen molar-refractivity contribution in [1.82, 2.24) is 0 Å². The van der Waals surface area contributed by atoms with Crippen molar-refractivity contribution in [3.8, 4) is 0 Å². The minimum absolute atomic E-state index is 0.0697. The first-order chi connectivity index (χ1) is 11.7. The molecule has 0 radical (unpaired) electrons. The van der Waals surface area contributed by atoms with E-state index < -0.39 is 0 Å². The van der Waals surface area contributed by atoms with Gasteiger partial charge in [-0.05, 0) is 43.6 Å². The summed E-state index contributed by atoms with van der Waals surface area (Å²) in [5, 5.41) is 0. The van der Waals surface area contributed by atoms with Crippen molar-refractivity contribution in [2.45, 2.75) is 125 Å². The standard InChI is InChI=1S/C28H54/c1-23(2,3)19(21(25(7,8)9)26(10,11)12)20(24(4,5)6)22(27(13,14)15)28(16,17)18/h1-18H3. The van der Waals surface area contributed by atoms with Crippen LogP contribution in [0.5, 0.6) is 0 Å². The van der Waals surface area contributed by atoms with Crippen LogP contribution in [0.2, 0.25) is 0 Å². The largest absolute Gasteiger partial charge is 0.0564 e. The SMILES string of the molecule is CC(C)(C)C(C(=C(C(C)(C)C)C(C)(C)C)C(C)(C)C)=C(C(C)(C)C)C(C)(C)C. The van der Waals surface area contributed by atoms with Crippen LogP contribution in [-0.4, -0.2) is 0 Å². The molecule has 0 heteroatoms. The second kappa shape index (κ2) is 7.63. The molecule has 0 atom stereocenters. The third-order valence-corrected chi connectivity index (χ3v) is 5.25. The zero-order valence-electron chi connectivity index (χ0n) is 23.0. The van der Waals surface area contributed by atoms with E-state index >= 15 is 0 Å². The van der Waals surface area contributed by atoms with Crippen molar-refractivity contribution >= 4 is 0 Å². The van der Waals surface area contributed by atoms with Crippen LogP contribution >= 0.6 is 0 Å². The average Bonchev–Trinajstić information content (AvgIpc) is 2.23. The van der Waals surface area contributed by atoms with Gasteiger partial charge in [-0.25, -0.2) is 0 Å². The zero-order valence-corrected chi connectivity index (χ0v) is 23.0. The van der Waals surface area contributed by atoms with Crippen molar-refractivity contribution in [2.24, 2.45) is 32.5 Å². The molecular weight excluding hydrogens is 336 g/mol. The molecule has 166 valence electrons. The summed E-state index contributed by atoms with van der Waals surface area (Å²) in [6, 6.07) is 0. The van der Waals surface area contributed by atoms with E-state index in [1.165, 1.54) is 0 Å². The van der Waals surface area contributed by atoms with Gasteiger partial charge in [0, 0.05) is 0 Å². The van der Waals surface area contributed by atoms with E-state index in [9.17, 15) is 0 Å². The molecule has 0 aliphatic carbocycles. The van der Waals surface area contributed by atoms with Crippen LogP contribution in [0.1, 0.15) is 125 Å². The van der Waals surface area contributed by atoms with E-state index in [-0.39, 0.29) is 32.5 Å². The Morgan fingerprint density at radius 1 is 0.250 bits per heavy atom. The third kappa shape index (κ3) is 6.77. The van der Waals surface area contributed by atoms with Crippen molar-refractivity contribution < 1.29 is 0 Å². The van der Waals surface area contributed by atoms with Gasteiger partial charge in [0.2, 0.25) is 0 Å². The first-order valence-electron chi connectivity index (χ1n) is 11.2. The van der Waals surface area contributed by atoms with Gasteiger partial charge in [-0.1, -0.05) is 136 Å². The van der Waals surface area contributed by atoms with E-state index in [1.54, 1.807) is 22.3 Å². The van der Waals surface area contributed by atoms with E-state index in [2.05, 4.69) is 125 Å².